The van der Waals surface area contributed by atoms with Crippen molar-refractivity contribution in [1.29, 1.82) is 0 Å². The van der Waals surface area contributed by atoms with Crippen molar-refractivity contribution in [3.05, 3.63) is 52.7 Å². The largest absolute Gasteiger partial charge is 0.462 e. The maximum Gasteiger partial charge on any atom is 0.318 e. The number of ether oxygens (including phenoxy) is 1. The van der Waals surface area contributed by atoms with Crippen molar-refractivity contribution in [2.24, 2.45) is 0 Å². The number of rotatable bonds is 11. The zero-order chi connectivity index (χ0) is 28.8. The number of aryl methyl sites for hydroxylation is 2. The fraction of sp³-hybridized carbons (Fsp3) is 0.581. The summed E-state index contributed by atoms with van der Waals surface area (Å²) in [5.41, 5.74) is 7.45. The van der Waals surface area contributed by atoms with Gasteiger partial charge in [-0.05, 0) is 70.1 Å². The van der Waals surface area contributed by atoms with Gasteiger partial charge in [-0.25, -0.2) is 0 Å². The molecule has 0 aliphatic carbocycles. The highest BCUT2D eigenvalue weighted by Crippen LogP contribution is 2.37. The van der Waals surface area contributed by atoms with Gasteiger partial charge in [-0.1, -0.05) is 32.6 Å². The lowest BCUT2D eigenvalue weighted by atomic mass is 9.94. The number of aromatic nitrogens is 2. The second-order valence-corrected chi connectivity index (χ2v) is 10.8. The number of hydrogen-bond donors (Lipinski definition) is 1. The van der Waals surface area contributed by atoms with Gasteiger partial charge in [-0.2, -0.15) is 9.97 Å². The molecule has 4 rings (SSSR count). The maximum atomic E-state index is 12.2. The zero-order valence-electron chi connectivity index (χ0n) is 25.3. The van der Waals surface area contributed by atoms with Crippen LogP contribution in [-0.4, -0.2) is 91.7 Å². The lowest BCUT2D eigenvalue weighted by Gasteiger charge is -2.39. The van der Waals surface area contributed by atoms with Crippen LogP contribution in [0, 0.1) is 13.8 Å². The first-order chi connectivity index (χ1) is 19.3. The van der Waals surface area contributed by atoms with E-state index < -0.39 is 0 Å². The predicted molar refractivity (Wildman–Crippen MR) is 165 cm³/mol. The molecule has 1 saturated heterocycles. The Morgan fingerprint density at radius 1 is 1.12 bits per heavy atom. The van der Waals surface area contributed by atoms with Crippen LogP contribution in [0.2, 0.25) is 0 Å². The van der Waals surface area contributed by atoms with Gasteiger partial charge < -0.3 is 29.7 Å². The van der Waals surface area contributed by atoms with Gasteiger partial charge >= 0.3 is 6.01 Å². The van der Waals surface area contributed by atoms with Crippen molar-refractivity contribution in [1.82, 2.24) is 25.1 Å². The monoisotopic (exact) mass is 551 g/mol. The summed E-state index contributed by atoms with van der Waals surface area (Å²) in [6, 6.07) is 5.13. The molecule has 9 nitrogen and oxygen atoms in total. The molecule has 1 N–H and O–H groups in total. The van der Waals surface area contributed by atoms with E-state index in [-0.39, 0.29) is 13.4 Å². The van der Waals surface area contributed by atoms with Crippen LogP contribution in [0.15, 0.2) is 24.8 Å². The number of fused-ring (bicyclic) bond motifs is 1. The molecular weight excluding hydrogens is 502 g/mol. The number of likely N-dealkylation sites (N-methyl/N-ethyl adjacent to an activating group) is 1. The van der Waals surface area contributed by atoms with Crippen molar-refractivity contribution >= 4 is 17.4 Å². The Morgan fingerprint density at radius 2 is 1.82 bits per heavy atom. The molecule has 0 spiro atoms. The molecule has 2 aliphatic heterocycles. The Bertz CT molecular complexity index is 1200. The first kappa shape index (κ1) is 29.8. The topological polar surface area (TPSA) is 77.1 Å². The summed E-state index contributed by atoms with van der Waals surface area (Å²) < 4.78 is 6.18. The standard InChI is InChI=1S/C31H47N7O2.H2/c1-8-27(39)36-15-17-37(18-16-36)30-25-13-14-38(29-23(5)12-11-22(4)28(29)24(6)32-7)21-26(25)33-31(34-30)40-20-19-35(9-2)10-3;/h8,11-12,24,32H,1,9-10,13-21H2,2-7H3;1H. The average Bonchev–Trinajstić information content (AvgIpc) is 2.98. The maximum absolute atomic E-state index is 12.2. The second-order valence-electron chi connectivity index (χ2n) is 10.8. The van der Waals surface area contributed by atoms with Crippen LogP contribution < -0.4 is 19.9 Å². The predicted octanol–water partition coefficient (Wildman–Crippen LogP) is 3.74. The third-order valence-electron chi connectivity index (χ3n) is 8.44. The molecule has 1 amide bonds. The highest BCUT2D eigenvalue weighted by molar-refractivity contribution is 5.87. The molecule has 1 aromatic heterocycles. The number of nitrogens with one attached hydrogen (secondary N) is 1. The van der Waals surface area contributed by atoms with Crippen LogP contribution in [0.25, 0.3) is 0 Å². The number of nitrogens with zero attached hydrogens (tertiary/aromatic N) is 6. The molecule has 40 heavy (non-hydrogen) atoms. The summed E-state index contributed by atoms with van der Waals surface area (Å²) in [7, 11) is 2.02. The molecule has 9 heteroatoms. The van der Waals surface area contributed by atoms with Crippen LogP contribution in [0.5, 0.6) is 6.01 Å². The van der Waals surface area contributed by atoms with Gasteiger partial charge in [0.15, 0.2) is 0 Å². The molecule has 1 aromatic carbocycles. The first-order valence-corrected chi connectivity index (χ1v) is 14.7. The van der Waals surface area contributed by atoms with Gasteiger partial charge in [0.2, 0.25) is 5.91 Å². The number of carbonyl (C=O) groups excluding carboxylic acids is 1. The zero-order valence-corrected chi connectivity index (χ0v) is 25.3. The first-order valence-electron chi connectivity index (χ1n) is 14.7. The van der Waals surface area contributed by atoms with Gasteiger partial charge in [0.1, 0.15) is 12.4 Å². The molecular formula is C31H49N7O2. The lowest BCUT2D eigenvalue weighted by Crippen LogP contribution is -2.49. The Morgan fingerprint density at radius 3 is 2.48 bits per heavy atom. The second kappa shape index (κ2) is 13.5. The molecule has 220 valence electrons. The molecule has 1 atom stereocenters. The third-order valence-corrected chi connectivity index (χ3v) is 8.44. The number of piperazine rings is 1. The number of anilines is 2. The molecule has 0 radical (unpaired) electrons. The van der Waals surface area contributed by atoms with Gasteiger partial charge in [-0.3, -0.25) is 4.79 Å². The highest BCUT2D eigenvalue weighted by Gasteiger charge is 2.30. The molecule has 1 fully saturated rings. The molecule has 2 aliphatic rings. The van der Waals surface area contributed by atoms with Crippen LogP contribution in [0.4, 0.5) is 11.5 Å². The SMILES string of the molecule is C=CC(=O)N1CCN(c2nc(OCCN(CC)CC)nc3c2CCN(c2c(C)ccc(C)c2C(C)NC)C3)CC1.[HH]. The van der Waals surface area contributed by atoms with Crippen molar-refractivity contribution in [3.63, 3.8) is 0 Å². The molecule has 0 bridgehead atoms. The Labute approximate surface area is 241 Å². The van der Waals surface area contributed by atoms with Crippen LogP contribution >= 0.6 is 0 Å². The lowest BCUT2D eigenvalue weighted by molar-refractivity contribution is -0.126. The van der Waals surface area contributed by atoms with E-state index in [4.69, 9.17) is 14.7 Å². The van der Waals surface area contributed by atoms with E-state index in [9.17, 15) is 4.79 Å². The summed E-state index contributed by atoms with van der Waals surface area (Å²) in [6.07, 6.45) is 2.26. The van der Waals surface area contributed by atoms with E-state index in [1.807, 2.05) is 11.9 Å². The van der Waals surface area contributed by atoms with E-state index in [1.165, 1.54) is 34.0 Å². The normalized spacial score (nSPS) is 16.2. The Kier molecular flexibility index (Phi) is 10.0. The minimum absolute atomic E-state index is 0. The minimum Gasteiger partial charge on any atom is -0.462 e. The van der Waals surface area contributed by atoms with E-state index in [0.717, 1.165) is 57.2 Å². The van der Waals surface area contributed by atoms with E-state index in [0.29, 0.717) is 32.3 Å². The Hall–Kier alpha value is -3.17. The molecule has 3 heterocycles. The summed E-state index contributed by atoms with van der Waals surface area (Å²) in [5.74, 6) is 0.943. The number of carbonyl (C=O) groups is 1. The van der Waals surface area contributed by atoms with Crippen LogP contribution in [0.3, 0.4) is 0 Å². The van der Waals surface area contributed by atoms with Crippen LogP contribution in [-0.2, 0) is 17.8 Å². The average molecular weight is 552 g/mol. The van der Waals surface area contributed by atoms with Crippen LogP contribution in [0.1, 0.15) is 56.2 Å². The number of benzene rings is 1. The number of hydrogen-bond acceptors (Lipinski definition) is 8. The van der Waals surface area contributed by atoms with Gasteiger partial charge in [0.25, 0.3) is 0 Å². The fourth-order valence-electron chi connectivity index (χ4n) is 5.91. The van der Waals surface area contributed by atoms with Crippen molar-refractivity contribution in [3.8, 4) is 6.01 Å². The highest BCUT2D eigenvalue weighted by atomic mass is 16.5. The minimum atomic E-state index is -0.0134. The molecule has 1 unspecified atom stereocenters. The van der Waals surface area contributed by atoms with Gasteiger partial charge in [-0.15, -0.1) is 0 Å². The van der Waals surface area contributed by atoms with E-state index >= 15 is 0 Å². The van der Waals surface area contributed by atoms with E-state index in [2.05, 4.69) is 73.3 Å². The summed E-state index contributed by atoms with van der Waals surface area (Å²) in [4.78, 5) is 31.1. The number of amides is 1. The van der Waals surface area contributed by atoms with Crippen molar-refractivity contribution in [2.45, 2.75) is 53.6 Å². The van der Waals surface area contributed by atoms with Gasteiger partial charge in [0, 0.05) is 58.0 Å². The third kappa shape index (κ3) is 6.41. The fourth-order valence-corrected chi connectivity index (χ4v) is 5.91. The summed E-state index contributed by atoms with van der Waals surface area (Å²) in [5, 5.41) is 3.45. The summed E-state index contributed by atoms with van der Waals surface area (Å²) in [6.45, 7) is 22.3. The quantitative estimate of drug-likeness (QED) is 0.424. The van der Waals surface area contributed by atoms with E-state index in [1.54, 1.807) is 0 Å². The van der Waals surface area contributed by atoms with Crippen molar-refractivity contribution in [2.75, 3.05) is 75.8 Å². The van der Waals surface area contributed by atoms with Gasteiger partial charge in [0.05, 0.1) is 12.2 Å². The smallest absolute Gasteiger partial charge is 0.318 e. The Balaban J connectivity index is 0.00000462. The molecule has 0 saturated carbocycles. The molecule has 2 aromatic rings. The summed E-state index contributed by atoms with van der Waals surface area (Å²) >= 11 is 0. The van der Waals surface area contributed by atoms with Crippen molar-refractivity contribution < 1.29 is 11.0 Å².